The SMILES string of the molecule is NC(=O)C(Cc1cccc2ccccc12)(C(=O)Cc1ccc2ncccc2c1)N1CCCNCC1. The fourth-order valence-corrected chi connectivity index (χ4v) is 5.28. The van der Waals surface area contributed by atoms with E-state index in [0.29, 0.717) is 19.6 Å². The number of hydrogen-bond acceptors (Lipinski definition) is 5. The Morgan fingerprint density at radius 1 is 0.943 bits per heavy atom. The molecule has 0 radical (unpaired) electrons. The Morgan fingerprint density at radius 2 is 1.77 bits per heavy atom. The number of rotatable bonds is 7. The molecule has 178 valence electrons. The van der Waals surface area contributed by atoms with E-state index in [9.17, 15) is 9.59 Å². The second kappa shape index (κ2) is 9.94. The lowest BCUT2D eigenvalue weighted by molar-refractivity contribution is -0.143. The maximum Gasteiger partial charge on any atom is 0.246 e. The zero-order chi connectivity index (χ0) is 24.3. The lowest BCUT2D eigenvalue weighted by Gasteiger charge is -2.40. The summed E-state index contributed by atoms with van der Waals surface area (Å²) < 4.78 is 0. The third kappa shape index (κ3) is 4.55. The fraction of sp³-hybridized carbons (Fsp3) is 0.276. The zero-order valence-electron chi connectivity index (χ0n) is 19.7. The van der Waals surface area contributed by atoms with Crippen LogP contribution in [0.4, 0.5) is 0 Å². The Labute approximate surface area is 205 Å². The van der Waals surface area contributed by atoms with Crippen molar-refractivity contribution in [1.82, 2.24) is 15.2 Å². The first-order chi connectivity index (χ1) is 17.1. The molecule has 0 saturated carbocycles. The quantitative estimate of drug-likeness (QED) is 0.408. The van der Waals surface area contributed by atoms with Crippen LogP contribution in [-0.4, -0.2) is 53.3 Å². The van der Waals surface area contributed by atoms with Gasteiger partial charge < -0.3 is 11.1 Å². The minimum atomic E-state index is -1.43. The smallest absolute Gasteiger partial charge is 0.246 e. The topological polar surface area (TPSA) is 88.3 Å². The third-order valence-electron chi connectivity index (χ3n) is 7.11. The van der Waals surface area contributed by atoms with Crippen LogP contribution in [0.15, 0.2) is 79.0 Å². The number of ketones is 1. The van der Waals surface area contributed by atoms with Gasteiger partial charge in [0.2, 0.25) is 5.91 Å². The van der Waals surface area contributed by atoms with Crippen LogP contribution in [0.5, 0.6) is 0 Å². The first kappa shape index (κ1) is 23.1. The predicted molar refractivity (Wildman–Crippen MR) is 139 cm³/mol. The van der Waals surface area contributed by atoms with Gasteiger partial charge in [0.25, 0.3) is 0 Å². The number of fused-ring (bicyclic) bond motifs is 2. The van der Waals surface area contributed by atoms with E-state index in [-0.39, 0.29) is 18.6 Å². The molecule has 3 N–H and O–H groups in total. The molecule has 1 aliphatic rings. The van der Waals surface area contributed by atoms with Crippen LogP contribution in [0.3, 0.4) is 0 Å². The minimum Gasteiger partial charge on any atom is -0.368 e. The summed E-state index contributed by atoms with van der Waals surface area (Å²) in [6.45, 7) is 2.78. The predicted octanol–water partition coefficient (Wildman–Crippen LogP) is 3.26. The van der Waals surface area contributed by atoms with Crippen LogP contribution < -0.4 is 11.1 Å². The Hall–Kier alpha value is -3.61. The van der Waals surface area contributed by atoms with Crippen LogP contribution in [0.25, 0.3) is 21.7 Å². The standard InChI is InChI=1S/C29H30N4O2/c30-28(35)29(33-16-5-13-31-15-17-33,20-24-8-3-7-22-6-1-2-10-25(22)24)27(34)19-21-11-12-26-23(18-21)9-4-14-32-26/h1-4,6-12,14,18,31H,5,13,15-17,19-20H2,(H2,30,35). The number of nitrogens with one attached hydrogen (secondary N) is 1. The summed E-state index contributed by atoms with van der Waals surface area (Å²) in [6, 6.07) is 23.8. The van der Waals surface area contributed by atoms with Crippen molar-refractivity contribution in [1.29, 1.82) is 0 Å². The van der Waals surface area contributed by atoms with Gasteiger partial charge >= 0.3 is 0 Å². The average Bonchev–Trinajstić information content (AvgIpc) is 3.17. The number of primary amides is 1. The Kier molecular flexibility index (Phi) is 6.57. The van der Waals surface area contributed by atoms with Crippen LogP contribution in [0, 0.1) is 0 Å². The van der Waals surface area contributed by atoms with E-state index in [1.807, 2.05) is 77.7 Å². The molecular weight excluding hydrogens is 436 g/mol. The van der Waals surface area contributed by atoms with Crippen LogP contribution in [-0.2, 0) is 22.4 Å². The molecule has 5 rings (SSSR count). The van der Waals surface area contributed by atoms with Gasteiger partial charge in [0.05, 0.1) is 5.52 Å². The van der Waals surface area contributed by atoms with Crippen LogP contribution >= 0.6 is 0 Å². The van der Waals surface area contributed by atoms with Crippen molar-refractivity contribution in [3.8, 4) is 0 Å². The van der Waals surface area contributed by atoms with Crippen molar-refractivity contribution in [3.63, 3.8) is 0 Å². The molecule has 1 fully saturated rings. The summed E-state index contributed by atoms with van der Waals surface area (Å²) in [7, 11) is 0. The number of benzene rings is 3. The molecule has 0 aliphatic carbocycles. The van der Waals surface area contributed by atoms with Gasteiger partial charge in [-0.05, 0) is 53.1 Å². The highest BCUT2D eigenvalue weighted by atomic mass is 16.2. The molecule has 0 spiro atoms. The molecular formula is C29H30N4O2. The highest BCUT2D eigenvalue weighted by Gasteiger charge is 2.49. The van der Waals surface area contributed by atoms with Crippen LogP contribution in [0.1, 0.15) is 17.5 Å². The number of pyridine rings is 1. The van der Waals surface area contributed by atoms with Gasteiger partial charge in [0, 0.05) is 44.1 Å². The first-order valence-corrected chi connectivity index (χ1v) is 12.2. The van der Waals surface area contributed by atoms with E-state index >= 15 is 0 Å². The first-order valence-electron chi connectivity index (χ1n) is 12.2. The zero-order valence-corrected chi connectivity index (χ0v) is 19.7. The number of amides is 1. The lowest BCUT2D eigenvalue weighted by atomic mass is 9.80. The number of hydrogen-bond donors (Lipinski definition) is 2. The summed E-state index contributed by atoms with van der Waals surface area (Å²) in [6.07, 6.45) is 2.97. The molecule has 35 heavy (non-hydrogen) atoms. The van der Waals surface area contributed by atoms with E-state index in [4.69, 9.17) is 5.73 Å². The van der Waals surface area contributed by atoms with Gasteiger partial charge in [-0.15, -0.1) is 0 Å². The number of Topliss-reactive ketones (excluding diaryl/α,β-unsaturated/α-hetero) is 1. The molecule has 6 nitrogen and oxygen atoms in total. The molecule has 1 aromatic heterocycles. The highest BCUT2D eigenvalue weighted by molar-refractivity contribution is 6.11. The molecule has 1 unspecified atom stereocenters. The highest BCUT2D eigenvalue weighted by Crippen LogP contribution is 2.30. The van der Waals surface area contributed by atoms with Gasteiger partial charge in [0.15, 0.2) is 11.3 Å². The Balaban J connectivity index is 1.58. The lowest BCUT2D eigenvalue weighted by Crippen LogP contribution is -2.65. The second-order valence-corrected chi connectivity index (χ2v) is 9.26. The van der Waals surface area contributed by atoms with Crippen molar-refractivity contribution >= 4 is 33.4 Å². The molecule has 4 aromatic rings. The molecule has 6 heteroatoms. The maximum atomic E-state index is 14.2. The van der Waals surface area contributed by atoms with E-state index < -0.39 is 11.4 Å². The average molecular weight is 467 g/mol. The van der Waals surface area contributed by atoms with E-state index in [2.05, 4.69) is 10.3 Å². The fourth-order valence-electron chi connectivity index (χ4n) is 5.28. The van der Waals surface area contributed by atoms with E-state index in [1.165, 1.54) is 0 Å². The second-order valence-electron chi connectivity index (χ2n) is 9.26. The normalized spacial score (nSPS) is 16.6. The Bertz CT molecular complexity index is 1370. The van der Waals surface area contributed by atoms with Crippen molar-refractivity contribution in [2.75, 3.05) is 26.2 Å². The molecule has 1 atom stereocenters. The molecule has 1 aliphatic heterocycles. The minimum absolute atomic E-state index is 0.127. The van der Waals surface area contributed by atoms with Gasteiger partial charge in [-0.3, -0.25) is 19.5 Å². The number of nitrogens with two attached hydrogens (primary N) is 1. The van der Waals surface area contributed by atoms with Gasteiger partial charge in [-0.1, -0.05) is 54.6 Å². The van der Waals surface area contributed by atoms with Crippen molar-refractivity contribution in [2.45, 2.75) is 24.8 Å². The summed E-state index contributed by atoms with van der Waals surface area (Å²) in [5, 5.41) is 6.47. The monoisotopic (exact) mass is 466 g/mol. The van der Waals surface area contributed by atoms with Crippen molar-refractivity contribution in [2.24, 2.45) is 5.73 Å². The number of nitrogens with zero attached hydrogens (tertiary/aromatic N) is 2. The van der Waals surface area contributed by atoms with Crippen molar-refractivity contribution < 1.29 is 9.59 Å². The molecule has 3 aromatic carbocycles. The van der Waals surface area contributed by atoms with Gasteiger partial charge in [-0.25, -0.2) is 0 Å². The summed E-state index contributed by atoms with van der Waals surface area (Å²) in [5.74, 6) is -0.747. The summed E-state index contributed by atoms with van der Waals surface area (Å²) >= 11 is 0. The molecule has 1 saturated heterocycles. The van der Waals surface area contributed by atoms with Crippen LogP contribution in [0.2, 0.25) is 0 Å². The van der Waals surface area contributed by atoms with Gasteiger partial charge in [-0.2, -0.15) is 0 Å². The molecule has 0 bridgehead atoms. The molecule has 2 heterocycles. The van der Waals surface area contributed by atoms with E-state index in [0.717, 1.165) is 45.8 Å². The van der Waals surface area contributed by atoms with Gasteiger partial charge in [0.1, 0.15) is 0 Å². The third-order valence-corrected chi connectivity index (χ3v) is 7.11. The maximum absolute atomic E-state index is 14.2. The number of carbonyl (C=O) groups excluding carboxylic acids is 2. The van der Waals surface area contributed by atoms with E-state index in [1.54, 1.807) is 6.20 Å². The largest absolute Gasteiger partial charge is 0.368 e. The molecule has 1 amide bonds. The summed E-state index contributed by atoms with van der Waals surface area (Å²) in [5.41, 5.74) is 7.41. The van der Waals surface area contributed by atoms with Crippen molar-refractivity contribution in [3.05, 3.63) is 90.1 Å². The number of carbonyl (C=O) groups is 2. The number of aromatic nitrogens is 1. The summed E-state index contributed by atoms with van der Waals surface area (Å²) in [4.78, 5) is 33.9. The Morgan fingerprint density at radius 3 is 2.66 bits per heavy atom.